The zero-order valence-electron chi connectivity index (χ0n) is 17.5. The third-order valence-electron chi connectivity index (χ3n) is 5.00. The van der Waals surface area contributed by atoms with Gasteiger partial charge in [-0.25, -0.2) is 0 Å². The molecule has 2 N–H and O–H groups in total. The predicted octanol–water partition coefficient (Wildman–Crippen LogP) is 6.83. The lowest BCUT2D eigenvalue weighted by Gasteiger charge is -2.04. The molecule has 32 heavy (non-hydrogen) atoms. The molecule has 158 valence electrons. The second-order valence-corrected chi connectivity index (χ2v) is 9.24. The highest BCUT2D eigenvalue weighted by molar-refractivity contribution is 7.18. The molecule has 5 aromatic rings. The topological polar surface area (TPSA) is 75.6 Å². The summed E-state index contributed by atoms with van der Waals surface area (Å²) < 4.78 is 0. The Labute approximate surface area is 194 Å². The number of nitrogens with one attached hydrogen (secondary N) is 2. The van der Waals surface area contributed by atoms with Crippen molar-refractivity contribution in [1.82, 2.24) is 20.4 Å². The van der Waals surface area contributed by atoms with Crippen LogP contribution >= 0.6 is 22.7 Å². The van der Waals surface area contributed by atoms with Crippen LogP contribution in [0.15, 0.2) is 72.8 Å². The molecule has 3 aromatic carbocycles. The standard InChI is InChI=1S/C24H20N6S2/c1-15-7-3-5-9-19(15)25-23-29-27-21(31-23)17-11-13-18(14-12-17)22-28-30-24(32-22)26-20-10-6-4-8-16(20)2/h3-14H,1-2H3,(H,25,29)(H,26,30). The summed E-state index contributed by atoms with van der Waals surface area (Å²) in [6.45, 7) is 4.14. The molecule has 0 fully saturated rings. The van der Waals surface area contributed by atoms with Crippen molar-refractivity contribution in [2.24, 2.45) is 0 Å². The van der Waals surface area contributed by atoms with E-state index in [4.69, 9.17) is 0 Å². The number of aromatic nitrogens is 4. The van der Waals surface area contributed by atoms with Crippen LogP contribution in [-0.4, -0.2) is 20.4 Å². The minimum Gasteiger partial charge on any atom is -0.330 e. The average molecular weight is 457 g/mol. The van der Waals surface area contributed by atoms with E-state index in [9.17, 15) is 0 Å². The Morgan fingerprint density at radius 2 is 0.938 bits per heavy atom. The largest absolute Gasteiger partial charge is 0.330 e. The summed E-state index contributed by atoms with van der Waals surface area (Å²) in [4.78, 5) is 0. The number of anilines is 4. The summed E-state index contributed by atoms with van der Waals surface area (Å²) in [5.74, 6) is 0. The Kier molecular flexibility index (Phi) is 5.62. The molecule has 0 aliphatic rings. The maximum Gasteiger partial charge on any atom is 0.210 e. The highest BCUT2D eigenvalue weighted by atomic mass is 32.1. The minimum atomic E-state index is 0.773. The fourth-order valence-corrected chi connectivity index (χ4v) is 4.72. The quantitative estimate of drug-likeness (QED) is 0.292. The number of benzene rings is 3. The molecule has 2 heterocycles. The van der Waals surface area contributed by atoms with E-state index in [1.807, 2.05) is 60.7 Å². The third kappa shape index (κ3) is 4.37. The zero-order valence-corrected chi connectivity index (χ0v) is 19.2. The Bertz CT molecular complexity index is 1250. The van der Waals surface area contributed by atoms with Gasteiger partial charge in [0.25, 0.3) is 0 Å². The van der Waals surface area contributed by atoms with Crippen molar-refractivity contribution in [3.63, 3.8) is 0 Å². The fourth-order valence-electron chi connectivity index (χ4n) is 3.19. The van der Waals surface area contributed by atoms with Crippen LogP contribution in [0.2, 0.25) is 0 Å². The van der Waals surface area contributed by atoms with Gasteiger partial charge in [0.05, 0.1) is 0 Å². The van der Waals surface area contributed by atoms with Gasteiger partial charge in [-0.1, -0.05) is 83.3 Å². The van der Waals surface area contributed by atoms with Crippen molar-refractivity contribution in [2.45, 2.75) is 13.8 Å². The number of hydrogen-bond acceptors (Lipinski definition) is 8. The summed E-state index contributed by atoms with van der Waals surface area (Å²) >= 11 is 3.06. The average Bonchev–Trinajstić information content (AvgIpc) is 3.47. The van der Waals surface area contributed by atoms with E-state index >= 15 is 0 Å². The second-order valence-electron chi connectivity index (χ2n) is 7.28. The molecule has 0 amide bonds. The molecule has 0 bridgehead atoms. The van der Waals surface area contributed by atoms with E-state index in [0.29, 0.717) is 0 Å². The summed E-state index contributed by atoms with van der Waals surface area (Å²) in [6, 6.07) is 24.4. The van der Waals surface area contributed by atoms with Gasteiger partial charge >= 0.3 is 0 Å². The Morgan fingerprint density at radius 1 is 0.531 bits per heavy atom. The molecule has 5 rings (SSSR count). The van der Waals surface area contributed by atoms with Crippen LogP contribution in [0.25, 0.3) is 21.1 Å². The molecule has 0 aliphatic heterocycles. The van der Waals surface area contributed by atoms with Gasteiger partial charge in [-0.05, 0) is 37.1 Å². The van der Waals surface area contributed by atoms with Crippen molar-refractivity contribution in [1.29, 1.82) is 0 Å². The summed E-state index contributed by atoms with van der Waals surface area (Å²) in [6.07, 6.45) is 0. The third-order valence-corrected chi connectivity index (χ3v) is 6.78. The van der Waals surface area contributed by atoms with Crippen LogP contribution in [0.5, 0.6) is 0 Å². The monoisotopic (exact) mass is 456 g/mol. The molecule has 0 radical (unpaired) electrons. The Hall–Kier alpha value is -3.62. The first kappa shape index (κ1) is 20.3. The fraction of sp³-hybridized carbons (Fsp3) is 0.0833. The summed E-state index contributed by atoms with van der Waals surface area (Å²) in [7, 11) is 0. The van der Waals surface area contributed by atoms with Gasteiger partial charge in [-0.15, -0.1) is 20.4 Å². The van der Waals surface area contributed by atoms with Gasteiger partial charge < -0.3 is 10.6 Å². The van der Waals surface area contributed by atoms with Gasteiger partial charge in [0.2, 0.25) is 10.3 Å². The lowest BCUT2D eigenvalue weighted by molar-refractivity contribution is 1.09. The van der Waals surface area contributed by atoms with Crippen LogP contribution in [0.4, 0.5) is 21.6 Å². The van der Waals surface area contributed by atoms with Crippen molar-refractivity contribution < 1.29 is 0 Å². The van der Waals surface area contributed by atoms with Crippen LogP contribution in [0.1, 0.15) is 11.1 Å². The van der Waals surface area contributed by atoms with E-state index in [1.165, 1.54) is 33.8 Å². The van der Waals surface area contributed by atoms with E-state index < -0.39 is 0 Å². The molecule has 0 unspecified atom stereocenters. The summed E-state index contributed by atoms with van der Waals surface area (Å²) in [5, 5.41) is 27.2. The van der Waals surface area contributed by atoms with E-state index in [-0.39, 0.29) is 0 Å². The predicted molar refractivity (Wildman–Crippen MR) is 133 cm³/mol. The number of nitrogens with zero attached hydrogens (tertiary/aromatic N) is 4. The lowest BCUT2D eigenvalue weighted by atomic mass is 10.1. The Balaban J connectivity index is 1.30. The molecule has 0 saturated carbocycles. The molecule has 0 spiro atoms. The van der Waals surface area contributed by atoms with Gasteiger partial charge in [0, 0.05) is 22.5 Å². The van der Waals surface area contributed by atoms with E-state index in [2.05, 4.69) is 57.0 Å². The smallest absolute Gasteiger partial charge is 0.210 e. The molecule has 0 saturated heterocycles. The zero-order chi connectivity index (χ0) is 21.9. The highest BCUT2D eigenvalue weighted by Crippen LogP contribution is 2.33. The highest BCUT2D eigenvalue weighted by Gasteiger charge is 2.11. The van der Waals surface area contributed by atoms with Crippen molar-refractivity contribution in [2.75, 3.05) is 10.6 Å². The maximum atomic E-state index is 4.34. The molecule has 6 nitrogen and oxygen atoms in total. The second kappa shape index (κ2) is 8.86. The van der Waals surface area contributed by atoms with Crippen molar-refractivity contribution >= 4 is 44.3 Å². The molecular formula is C24H20N6S2. The molecule has 0 aliphatic carbocycles. The number of para-hydroxylation sites is 2. The first-order valence-corrected chi connectivity index (χ1v) is 11.7. The van der Waals surface area contributed by atoms with Gasteiger partial charge in [0.1, 0.15) is 10.0 Å². The van der Waals surface area contributed by atoms with Crippen LogP contribution < -0.4 is 10.6 Å². The van der Waals surface area contributed by atoms with Gasteiger partial charge in [-0.3, -0.25) is 0 Å². The molecule has 0 atom stereocenters. The Morgan fingerprint density at radius 3 is 1.34 bits per heavy atom. The maximum absolute atomic E-state index is 4.34. The van der Waals surface area contributed by atoms with Crippen LogP contribution in [0.3, 0.4) is 0 Å². The SMILES string of the molecule is Cc1ccccc1Nc1nnc(-c2ccc(-c3nnc(Nc4ccccc4C)s3)cc2)s1. The number of rotatable bonds is 6. The van der Waals surface area contributed by atoms with Gasteiger partial charge in [-0.2, -0.15) is 0 Å². The van der Waals surface area contributed by atoms with E-state index in [0.717, 1.165) is 42.8 Å². The first-order valence-electron chi connectivity index (χ1n) is 10.1. The van der Waals surface area contributed by atoms with Crippen LogP contribution in [0, 0.1) is 13.8 Å². The number of aryl methyl sites for hydroxylation is 2. The molecule has 2 aromatic heterocycles. The normalized spacial score (nSPS) is 10.8. The first-order chi connectivity index (χ1) is 15.7. The summed E-state index contributed by atoms with van der Waals surface area (Å²) in [5.41, 5.74) is 6.46. The minimum absolute atomic E-state index is 0.773. The van der Waals surface area contributed by atoms with E-state index in [1.54, 1.807) is 0 Å². The van der Waals surface area contributed by atoms with Crippen molar-refractivity contribution in [3.8, 4) is 21.1 Å². The molecular weight excluding hydrogens is 436 g/mol. The molecule has 8 heteroatoms. The number of hydrogen-bond donors (Lipinski definition) is 2. The van der Waals surface area contributed by atoms with Crippen molar-refractivity contribution in [3.05, 3.63) is 83.9 Å². The lowest BCUT2D eigenvalue weighted by Crippen LogP contribution is -1.91. The van der Waals surface area contributed by atoms with Gasteiger partial charge in [0.15, 0.2) is 0 Å². The van der Waals surface area contributed by atoms with Crippen LogP contribution in [-0.2, 0) is 0 Å².